The molecular weight excluding hydrogens is 198 g/mol. The van der Waals surface area contributed by atoms with E-state index in [4.69, 9.17) is 10.5 Å². The van der Waals surface area contributed by atoms with Crippen LogP contribution < -0.4 is 5.73 Å². The van der Waals surface area contributed by atoms with Gasteiger partial charge in [0.15, 0.2) is 0 Å². The minimum atomic E-state index is -0.125. The topological polar surface area (TPSA) is 35.2 Å². The summed E-state index contributed by atoms with van der Waals surface area (Å²) >= 11 is 0. The minimum absolute atomic E-state index is 0.0292. The molecule has 98 valence electrons. The third-order valence-electron chi connectivity index (χ3n) is 2.72. The molecule has 0 spiro atoms. The lowest BCUT2D eigenvalue weighted by Gasteiger charge is -2.30. The number of hydrogen-bond donors (Lipinski definition) is 1. The van der Waals surface area contributed by atoms with Crippen LogP contribution in [-0.4, -0.2) is 17.7 Å². The van der Waals surface area contributed by atoms with Crippen molar-refractivity contribution in [2.24, 2.45) is 11.1 Å². The van der Waals surface area contributed by atoms with Gasteiger partial charge in [-0.05, 0) is 52.4 Å². The molecule has 2 N–H and O–H groups in total. The van der Waals surface area contributed by atoms with Crippen LogP contribution in [0.3, 0.4) is 0 Å². The third kappa shape index (κ3) is 10.4. The first kappa shape index (κ1) is 15.9. The van der Waals surface area contributed by atoms with Gasteiger partial charge < -0.3 is 10.5 Å². The Morgan fingerprint density at radius 1 is 0.812 bits per heavy atom. The maximum atomic E-state index is 5.93. The molecule has 0 aromatic rings. The Bertz CT molecular complexity index is 196. The summed E-state index contributed by atoms with van der Waals surface area (Å²) in [4.78, 5) is 0. The molecule has 0 aromatic heterocycles. The van der Waals surface area contributed by atoms with Crippen molar-refractivity contribution in [2.75, 3.05) is 6.61 Å². The van der Waals surface area contributed by atoms with Gasteiger partial charge in [0.2, 0.25) is 0 Å². The Balaban J connectivity index is 3.88. The minimum Gasteiger partial charge on any atom is -0.376 e. The quantitative estimate of drug-likeness (QED) is 0.753. The first-order chi connectivity index (χ1) is 6.91. The number of rotatable bonds is 6. The molecule has 2 nitrogen and oxygen atoms in total. The monoisotopic (exact) mass is 229 g/mol. The average Bonchev–Trinajstić information content (AvgIpc) is 1.97. The zero-order chi connectivity index (χ0) is 13.0. The van der Waals surface area contributed by atoms with Crippen LogP contribution in [-0.2, 0) is 4.74 Å². The largest absolute Gasteiger partial charge is 0.376 e. The molecule has 0 saturated heterocycles. The maximum Gasteiger partial charge on any atom is 0.0626 e. The highest BCUT2D eigenvalue weighted by atomic mass is 16.5. The van der Waals surface area contributed by atoms with Crippen molar-refractivity contribution in [3.05, 3.63) is 0 Å². The van der Waals surface area contributed by atoms with E-state index in [1.807, 2.05) is 13.8 Å². The predicted molar refractivity (Wildman–Crippen MR) is 71.6 cm³/mol. The summed E-state index contributed by atoms with van der Waals surface area (Å²) in [7, 11) is 0. The van der Waals surface area contributed by atoms with Crippen molar-refractivity contribution in [2.45, 2.75) is 78.9 Å². The molecule has 0 aliphatic carbocycles. The Kier molecular flexibility index (Phi) is 5.48. The first-order valence-corrected chi connectivity index (χ1v) is 6.34. The van der Waals surface area contributed by atoms with Crippen molar-refractivity contribution in [1.29, 1.82) is 0 Å². The lowest BCUT2D eigenvalue weighted by Crippen LogP contribution is -2.35. The molecule has 0 heterocycles. The Labute approximate surface area is 102 Å². The number of nitrogens with two attached hydrogens (primary N) is 1. The zero-order valence-corrected chi connectivity index (χ0v) is 12.3. The zero-order valence-electron chi connectivity index (χ0n) is 12.3. The van der Waals surface area contributed by atoms with Crippen molar-refractivity contribution in [3.8, 4) is 0 Å². The Morgan fingerprint density at radius 2 is 1.31 bits per heavy atom. The van der Waals surface area contributed by atoms with Gasteiger partial charge in [0.25, 0.3) is 0 Å². The molecule has 0 aromatic carbocycles. The van der Waals surface area contributed by atoms with Gasteiger partial charge in [-0.15, -0.1) is 0 Å². The third-order valence-corrected chi connectivity index (χ3v) is 2.72. The van der Waals surface area contributed by atoms with E-state index >= 15 is 0 Å². The van der Waals surface area contributed by atoms with Gasteiger partial charge in [-0.1, -0.05) is 20.8 Å². The van der Waals surface area contributed by atoms with E-state index in [0.29, 0.717) is 5.41 Å². The van der Waals surface area contributed by atoms with Gasteiger partial charge in [-0.2, -0.15) is 0 Å². The summed E-state index contributed by atoms with van der Waals surface area (Å²) in [6.45, 7) is 16.0. The van der Waals surface area contributed by atoms with Gasteiger partial charge in [-0.25, -0.2) is 0 Å². The fourth-order valence-electron chi connectivity index (χ4n) is 1.34. The Hall–Kier alpha value is -0.0800. The van der Waals surface area contributed by atoms with Crippen molar-refractivity contribution >= 4 is 0 Å². The van der Waals surface area contributed by atoms with E-state index in [9.17, 15) is 0 Å². The van der Waals surface area contributed by atoms with Crippen LogP contribution in [0, 0.1) is 5.41 Å². The van der Waals surface area contributed by atoms with Gasteiger partial charge in [0.1, 0.15) is 0 Å². The van der Waals surface area contributed by atoms with Gasteiger partial charge in [0, 0.05) is 12.1 Å². The second-order valence-electron chi connectivity index (χ2n) is 7.41. The van der Waals surface area contributed by atoms with Crippen LogP contribution in [0.4, 0.5) is 0 Å². The van der Waals surface area contributed by atoms with Crippen LogP contribution in [0.2, 0.25) is 0 Å². The molecule has 0 rings (SSSR count). The summed E-state index contributed by atoms with van der Waals surface area (Å²) in [6, 6.07) is 0. The first-order valence-electron chi connectivity index (χ1n) is 6.34. The molecule has 0 fully saturated rings. The summed E-state index contributed by atoms with van der Waals surface area (Å²) < 4.78 is 5.92. The standard InChI is InChI=1S/C14H31NO/c1-12(2,3)8-9-14(6,7)16-11-10-13(4,5)15/h8-11,15H2,1-7H3. The highest BCUT2D eigenvalue weighted by Crippen LogP contribution is 2.27. The molecule has 0 aliphatic heterocycles. The average molecular weight is 229 g/mol. The van der Waals surface area contributed by atoms with Crippen molar-refractivity contribution in [1.82, 2.24) is 0 Å². The predicted octanol–water partition coefficient (Wildman–Crippen LogP) is 3.74. The smallest absolute Gasteiger partial charge is 0.0626 e. The van der Waals surface area contributed by atoms with Crippen LogP contribution in [0.15, 0.2) is 0 Å². The van der Waals surface area contributed by atoms with Crippen LogP contribution >= 0.6 is 0 Å². The maximum absolute atomic E-state index is 5.93. The number of ether oxygens (including phenoxy) is 1. The molecule has 0 bridgehead atoms. The van der Waals surface area contributed by atoms with Gasteiger partial charge >= 0.3 is 0 Å². The lowest BCUT2D eigenvalue weighted by molar-refractivity contribution is -0.0351. The molecule has 0 unspecified atom stereocenters. The SMILES string of the molecule is CC(C)(C)CCC(C)(C)OCCC(C)(C)N. The Morgan fingerprint density at radius 3 is 1.69 bits per heavy atom. The van der Waals surface area contributed by atoms with E-state index in [1.165, 1.54) is 6.42 Å². The molecule has 0 radical (unpaired) electrons. The van der Waals surface area contributed by atoms with Crippen LogP contribution in [0.25, 0.3) is 0 Å². The van der Waals surface area contributed by atoms with Crippen molar-refractivity contribution < 1.29 is 4.74 Å². The second-order valence-corrected chi connectivity index (χ2v) is 7.41. The molecule has 0 atom stereocenters. The molecule has 0 amide bonds. The van der Waals surface area contributed by atoms with E-state index in [-0.39, 0.29) is 11.1 Å². The highest BCUT2D eigenvalue weighted by Gasteiger charge is 2.22. The van der Waals surface area contributed by atoms with E-state index in [1.54, 1.807) is 0 Å². The molecular formula is C14H31NO. The van der Waals surface area contributed by atoms with Crippen LogP contribution in [0.1, 0.15) is 67.7 Å². The summed E-state index contributed by atoms with van der Waals surface area (Å²) in [5, 5.41) is 0. The van der Waals surface area contributed by atoms with Crippen LogP contribution in [0.5, 0.6) is 0 Å². The fraction of sp³-hybridized carbons (Fsp3) is 1.00. The van der Waals surface area contributed by atoms with E-state index in [2.05, 4.69) is 34.6 Å². The normalized spacial score (nSPS) is 14.2. The highest BCUT2D eigenvalue weighted by molar-refractivity contribution is 4.75. The summed E-state index contributed by atoms with van der Waals surface area (Å²) in [6.07, 6.45) is 3.19. The van der Waals surface area contributed by atoms with Crippen molar-refractivity contribution in [3.63, 3.8) is 0 Å². The molecule has 2 heteroatoms. The van der Waals surface area contributed by atoms with Gasteiger partial charge in [0.05, 0.1) is 5.60 Å². The van der Waals surface area contributed by atoms with E-state index in [0.717, 1.165) is 19.4 Å². The lowest BCUT2D eigenvalue weighted by atomic mass is 9.86. The van der Waals surface area contributed by atoms with Gasteiger partial charge in [-0.3, -0.25) is 0 Å². The molecule has 0 aliphatic rings. The second kappa shape index (κ2) is 5.50. The molecule has 0 saturated carbocycles. The fourth-order valence-corrected chi connectivity index (χ4v) is 1.34. The van der Waals surface area contributed by atoms with E-state index < -0.39 is 0 Å². The summed E-state index contributed by atoms with van der Waals surface area (Å²) in [5.41, 5.74) is 6.16. The molecule has 16 heavy (non-hydrogen) atoms. The number of hydrogen-bond acceptors (Lipinski definition) is 2. The summed E-state index contributed by atoms with van der Waals surface area (Å²) in [5.74, 6) is 0.